The van der Waals surface area contributed by atoms with Crippen LogP contribution in [0.5, 0.6) is 0 Å². The number of nitrogens with zero attached hydrogens (tertiary/aromatic N) is 2. The minimum Gasteiger partial charge on any atom is -0.377 e. The Morgan fingerprint density at radius 1 is 1.36 bits per heavy atom. The molecule has 1 aromatic rings. The number of rotatable bonds is 4. The van der Waals surface area contributed by atoms with E-state index in [-0.39, 0.29) is 0 Å². The van der Waals surface area contributed by atoms with Gasteiger partial charge >= 0.3 is 0 Å². The SMILES string of the molecule is Cc1c(Cl)cccc1NC(=S)N1CCC(N(C)C[C@@H]2CCCO2)CC1. The van der Waals surface area contributed by atoms with Crippen molar-refractivity contribution in [1.82, 2.24) is 9.80 Å². The van der Waals surface area contributed by atoms with Gasteiger partial charge in [-0.25, -0.2) is 0 Å². The van der Waals surface area contributed by atoms with Gasteiger partial charge in [-0.15, -0.1) is 0 Å². The summed E-state index contributed by atoms with van der Waals surface area (Å²) in [4.78, 5) is 4.75. The molecule has 0 aliphatic carbocycles. The number of benzene rings is 1. The second kappa shape index (κ2) is 8.67. The number of hydrogen-bond acceptors (Lipinski definition) is 3. The van der Waals surface area contributed by atoms with Gasteiger partial charge in [-0.2, -0.15) is 0 Å². The molecule has 2 aliphatic rings. The number of piperidine rings is 1. The van der Waals surface area contributed by atoms with Crippen LogP contribution < -0.4 is 5.32 Å². The summed E-state index contributed by atoms with van der Waals surface area (Å²) in [6, 6.07) is 6.50. The molecule has 2 saturated heterocycles. The Morgan fingerprint density at radius 2 is 2.12 bits per heavy atom. The van der Waals surface area contributed by atoms with E-state index < -0.39 is 0 Å². The van der Waals surface area contributed by atoms with Crippen molar-refractivity contribution in [1.29, 1.82) is 0 Å². The molecule has 0 amide bonds. The Hall–Kier alpha value is -0.880. The van der Waals surface area contributed by atoms with Crippen LogP contribution in [0, 0.1) is 6.92 Å². The van der Waals surface area contributed by atoms with E-state index in [9.17, 15) is 0 Å². The van der Waals surface area contributed by atoms with Crippen LogP contribution >= 0.6 is 23.8 Å². The number of likely N-dealkylation sites (N-methyl/N-ethyl adjacent to an activating group) is 1. The topological polar surface area (TPSA) is 27.7 Å². The third kappa shape index (κ3) is 4.85. The van der Waals surface area contributed by atoms with Gasteiger partial charge in [0, 0.05) is 43.0 Å². The van der Waals surface area contributed by atoms with Crippen LogP contribution in [0.4, 0.5) is 5.69 Å². The second-order valence-corrected chi connectivity index (χ2v) is 7.93. The predicted octanol–water partition coefficient (Wildman–Crippen LogP) is 3.92. The lowest BCUT2D eigenvalue weighted by atomic mass is 10.0. The molecule has 0 spiro atoms. The zero-order valence-electron chi connectivity index (χ0n) is 15.1. The van der Waals surface area contributed by atoms with E-state index >= 15 is 0 Å². The van der Waals surface area contributed by atoms with Crippen molar-refractivity contribution in [2.75, 3.05) is 38.6 Å². The number of nitrogens with one attached hydrogen (secondary N) is 1. The monoisotopic (exact) mass is 381 g/mol. The first-order valence-corrected chi connectivity index (χ1v) is 9.96. The van der Waals surface area contributed by atoms with Crippen molar-refractivity contribution in [3.63, 3.8) is 0 Å². The van der Waals surface area contributed by atoms with Crippen molar-refractivity contribution in [2.24, 2.45) is 0 Å². The number of halogens is 1. The van der Waals surface area contributed by atoms with Crippen molar-refractivity contribution < 1.29 is 4.74 Å². The smallest absolute Gasteiger partial charge is 0.173 e. The third-order valence-corrected chi connectivity index (χ3v) is 6.17. The summed E-state index contributed by atoms with van der Waals surface area (Å²) in [6.07, 6.45) is 5.12. The molecule has 0 unspecified atom stereocenters. The number of hydrogen-bond donors (Lipinski definition) is 1. The van der Waals surface area contributed by atoms with Crippen molar-refractivity contribution in [2.45, 2.75) is 44.8 Å². The van der Waals surface area contributed by atoms with Gasteiger partial charge in [-0.05, 0) is 69.6 Å². The standard InChI is InChI=1S/C19H28ClN3OS/c1-14-17(20)6-3-7-18(14)21-19(25)23-10-8-15(9-11-23)22(2)13-16-5-4-12-24-16/h3,6-7,15-16H,4-5,8-13H2,1-2H3,(H,21,25)/t16-/m0/s1. The molecule has 3 rings (SSSR count). The number of likely N-dealkylation sites (tertiary alicyclic amines) is 1. The van der Waals surface area contributed by atoms with Crippen LogP contribution in [0.3, 0.4) is 0 Å². The maximum atomic E-state index is 6.19. The van der Waals surface area contributed by atoms with Crippen LogP contribution in [0.2, 0.25) is 5.02 Å². The van der Waals surface area contributed by atoms with E-state index in [1.54, 1.807) is 0 Å². The van der Waals surface area contributed by atoms with Gasteiger partial charge in [-0.3, -0.25) is 0 Å². The molecule has 1 N–H and O–H groups in total. The molecule has 138 valence electrons. The highest BCUT2D eigenvalue weighted by Crippen LogP contribution is 2.24. The van der Waals surface area contributed by atoms with E-state index in [4.69, 9.17) is 28.6 Å². The fourth-order valence-electron chi connectivity index (χ4n) is 3.71. The Labute approximate surface area is 161 Å². The van der Waals surface area contributed by atoms with Gasteiger partial charge in [0.25, 0.3) is 0 Å². The second-order valence-electron chi connectivity index (χ2n) is 7.14. The molecule has 2 fully saturated rings. The minimum absolute atomic E-state index is 0.427. The minimum atomic E-state index is 0.427. The molecule has 1 aromatic carbocycles. The maximum Gasteiger partial charge on any atom is 0.173 e. The Bertz CT molecular complexity index is 598. The summed E-state index contributed by atoms with van der Waals surface area (Å²) in [5, 5.41) is 4.93. The number of thiocarbonyl (C=S) groups is 1. The van der Waals surface area contributed by atoms with E-state index in [1.807, 2.05) is 25.1 Å². The van der Waals surface area contributed by atoms with Crippen molar-refractivity contribution in [3.05, 3.63) is 28.8 Å². The average Bonchev–Trinajstić information content (AvgIpc) is 3.12. The summed E-state index contributed by atoms with van der Waals surface area (Å²) in [5.41, 5.74) is 2.04. The quantitative estimate of drug-likeness (QED) is 0.798. The van der Waals surface area contributed by atoms with Crippen molar-refractivity contribution >= 4 is 34.6 Å². The Kier molecular flexibility index (Phi) is 6.55. The summed E-state index contributed by atoms with van der Waals surface area (Å²) < 4.78 is 5.77. The normalized spacial score (nSPS) is 21.8. The molecule has 4 nitrogen and oxygen atoms in total. The summed E-state index contributed by atoms with van der Waals surface area (Å²) in [6.45, 7) is 5.98. The third-order valence-electron chi connectivity index (χ3n) is 5.40. The lowest BCUT2D eigenvalue weighted by Crippen LogP contribution is -2.48. The lowest BCUT2D eigenvalue weighted by molar-refractivity contribution is 0.0576. The van der Waals surface area contributed by atoms with Crippen molar-refractivity contribution in [3.8, 4) is 0 Å². The van der Waals surface area contributed by atoms with Gasteiger partial charge in [0.05, 0.1) is 6.10 Å². The molecule has 25 heavy (non-hydrogen) atoms. The van der Waals surface area contributed by atoms with Crippen LogP contribution in [-0.2, 0) is 4.74 Å². The van der Waals surface area contributed by atoms with Gasteiger partial charge in [0.1, 0.15) is 0 Å². The fraction of sp³-hybridized carbons (Fsp3) is 0.632. The Balaban J connectivity index is 1.48. The summed E-state index contributed by atoms with van der Waals surface area (Å²) >= 11 is 11.8. The van der Waals surface area contributed by atoms with Gasteiger partial charge in [-0.1, -0.05) is 17.7 Å². The van der Waals surface area contributed by atoms with Crippen LogP contribution in [0.1, 0.15) is 31.2 Å². The van der Waals surface area contributed by atoms with Gasteiger partial charge < -0.3 is 19.9 Å². The lowest BCUT2D eigenvalue weighted by Gasteiger charge is -2.38. The van der Waals surface area contributed by atoms with E-state index in [0.717, 1.165) is 60.5 Å². The van der Waals surface area contributed by atoms with E-state index in [2.05, 4.69) is 22.2 Å². The largest absolute Gasteiger partial charge is 0.377 e. The van der Waals surface area contributed by atoms with Gasteiger partial charge in [0.2, 0.25) is 0 Å². The predicted molar refractivity (Wildman–Crippen MR) is 109 cm³/mol. The van der Waals surface area contributed by atoms with E-state index in [0.29, 0.717) is 12.1 Å². The maximum absolute atomic E-state index is 6.19. The molecule has 0 aromatic heterocycles. The highest BCUT2D eigenvalue weighted by Gasteiger charge is 2.26. The highest BCUT2D eigenvalue weighted by atomic mass is 35.5. The highest BCUT2D eigenvalue weighted by molar-refractivity contribution is 7.80. The zero-order chi connectivity index (χ0) is 17.8. The zero-order valence-corrected chi connectivity index (χ0v) is 16.7. The first kappa shape index (κ1) is 18.9. The van der Waals surface area contributed by atoms with Gasteiger partial charge in [0.15, 0.2) is 5.11 Å². The van der Waals surface area contributed by atoms with Crippen LogP contribution in [0.15, 0.2) is 18.2 Å². The first-order chi connectivity index (χ1) is 12.0. The summed E-state index contributed by atoms with van der Waals surface area (Å²) in [5.74, 6) is 0. The average molecular weight is 382 g/mol. The molecular weight excluding hydrogens is 354 g/mol. The fourth-order valence-corrected chi connectivity index (χ4v) is 4.17. The Morgan fingerprint density at radius 3 is 2.80 bits per heavy atom. The molecular formula is C19H28ClN3OS. The van der Waals surface area contributed by atoms with E-state index in [1.165, 1.54) is 12.8 Å². The number of ether oxygens (including phenoxy) is 1. The molecule has 2 heterocycles. The molecule has 0 radical (unpaired) electrons. The van der Waals surface area contributed by atoms with Crippen LogP contribution in [-0.4, -0.2) is 60.3 Å². The molecule has 0 bridgehead atoms. The molecule has 6 heteroatoms. The van der Waals surface area contributed by atoms with Crippen LogP contribution in [0.25, 0.3) is 0 Å². The summed E-state index contributed by atoms with van der Waals surface area (Å²) in [7, 11) is 2.23. The first-order valence-electron chi connectivity index (χ1n) is 9.17. The molecule has 2 aliphatic heterocycles. The molecule has 0 saturated carbocycles. The molecule has 1 atom stereocenters. The number of anilines is 1.